The summed E-state index contributed by atoms with van der Waals surface area (Å²) in [6.07, 6.45) is -4.64. The Morgan fingerprint density at radius 2 is 1.69 bits per heavy atom. The van der Waals surface area contributed by atoms with Gasteiger partial charge < -0.3 is 20.3 Å². The van der Waals surface area contributed by atoms with Crippen LogP contribution < -0.4 is 10.6 Å². The molecule has 0 saturated heterocycles. The van der Waals surface area contributed by atoms with Crippen LogP contribution in [0, 0.1) is 0 Å². The second-order valence-electron chi connectivity index (χ2n) is 8.24. The quantitative estimate of drug-likeness (QED) is 0.264. The summed E-state index contributed by atoms with van der Waals surface area (Å²) in [6, 6.07) is 16.2. The Morgan fingerprint density at radius 3 is 2.33 bits per heavy atom. The van der Waals surface area contributed by atoms with Crippen LogP contribution in [0.1, 0.15) is 44.9 Å². The fourth-order valence-electron chi connectivity index (χ4n) is 4.01. The Balaban J connectivity index is 1.71. The van der Waals surface area contributed by atoms with Gasteiger partial charge in [-0.05, 0) is 48.9 Å². The summed E-state index contributed by atoms with van der Waals surface area (Å²) < 4.78 is 41.8. The predicted octanol–water partition coefficient (Wildman–Crippen LogP) is 6.78. The third-order valence-corrected chi connectivity index (χ3v) is 6.20. The average molecular weight is 516 g/mol. The monoisotopic (exact) mass is 515 g/mol. The van der Waals surface area contributed by atoms with E-state index in [4.69, 9.17) is 16.7 Å². The molecule has 0 fully saturated rings. The molecular formula is C26H21ClF3N3O3. The Bertz CT molecular complexity index is 1460. The first-order chi connectivity index (χ1) is 17.0. The molecule has 10 heteroatoms. The van der Waals surface area contributed by atoms with Gasteiger partial charge in [0, 0.05) is 18.1 Å². The normalized spacial score (nSPS) is 12.4. The van der Waals surface area contributed by atoms with E-state index in [-0.39, 0.29) is 16.9 Å². The van der Waals surface area contributed by atoms with Crippen molar-refractivity contribution in [2.75, 3.05) is 5.32 Å². The molecule has 0 spiro atoms. The highest BCUT2D eigenvalue weighted by molar-refractivity contribution is 6.31. The van der Waals surface area contributed by atoms with E-state index >= 15 is 0 Å². The number of aryl methyl sites for hydroxylation is 1. The number of benzene rings is 3. The van der Waals surface area contributed by atoms with Gasteiger partial charge in [0.25, 0.3) is 5.91 Å². The lowest BCUT2D eigenvalue weighted by molar-refractivity contribution is -0.137. The van der Waals surface area contributed by atoms with Crippen molar-refractivity contribution in [1.29, 1.82) is 0 Å². The summed E-state index contributed by atoms with van der Waals surface area (Å²) in [5.41, 5.74) is 1.21. The smallest absolute Gasteiger partial charge is 0.417 e. The van der Waals surface area contributed by atoms with Crippen LogP contribution >= 0.6 is 11.6 Å². The number of amides is 1. The molecule has 0 aliphatic heterocycles. The molecule has 6 nitrogen and oxygen atoms in total. The molecule has 1 atom stereocenters. The van der Waals surface area contributed by atoms with Crippen molar-refractivity contribution in [3.63, 3.8) is 0 Å². The second kappa shape index (κ2) is 9.58. The topological polar surface area (TPSA) is 83.4 Å². The predicted molar refractivity (Wildman–Crippen MR) is 132 cm³/mol. The standard InChI is InChI=1S/C26H21ClF3N3O3/c1-14(15-7-9-16(10-8-15)25(35)36)31-24(34)23-22(18-5-3-4-6-21(18)33(23)2)32-17-11-12-20(27)19(13-17)26(28,29)30/h3-14,32H,1-2H3,(H,31,34)(H,35,36). The van der Waals surface area contributed by atoms with Gasteiger partial charge in [0.05, 0.1) is 33.4 Å². The number of carboxylic acids is 1. The van der Waals surface area contributed by atoms with E-state index < -0.39 is 34.7 Å². The van der Waals surface area contributed by atoms with E-state index in [0.29, 0.717) is 22.2 Å². The molecule has 0 aliphatic carbocycles. The number of anilines is 2. The van der Waals surface area contributed by atoms with Gasteiger partial charge in [0.15, 0.2) is 0 Å². The van der Waals surface area contributed by atoms with Gasteiger partial charge in [-0.15, -0.1) is 0 Å². The zero-order valence-corrected chi connectivity index (χ0v) is 19.9. The molecule has 3 N–H and O–H groups in total. The minimum absolute atomic E-state index is 0.120. The number of para-hydroxylation sites is 1. The summed E-state index contributed by atoms with van der Waals surface area (Å²) in [5.74, 6) is -1.52. The Morgan fingerprint density at radius 1 is 1.03 bits per heavy atom. The minimum atomic E-state index is -4.64. The molecule has 4 aromatic rings. The number of hydrogen-bond donors (Lipinski definition) is 3. The van der Waals surface area contributed by atoms with Crippen LogP contribution in [0.5, 0.6) is 0 Å². The van der Waals surface area contributed by atoms with E-state index in [1.165, 1.54) is 18.2 Å². The number of aromatic carboxylic acids is 1. The van der Waals surface area contributed by atoms with Gasteiger partial charge in [-0.2, -0.15) is 13.2 Å². The fourth-order valence-corrected chi connectivity index (χ4v) is 4.24. The van der Waals surface area contributed by atoms with Crippen LogP contribution in [0.15, 0.2) is 66.7 Å². The van der Waals surface area contributed by atoms with Crippen LogP contribution in [-0.2, 0) is 13.2 Å². The number of carbonyl (C=O) groups is 2. The zero-order chi connectivity index (χ0) is 26.2. The molecule has 186 valence electrons. The first-order valence-corrected chi connectivity index (χ1v) is 11.2. The largest absolute Gasteiger partial charge is 0.478 e. The van der Waals surface area contributed by atoms with Crippen LogP contribution in [0.3, 0.4) is 0 Å². The Hall–Kier alpha value is -3.98. The molecule has 1 aromatic heterocycles. The van der Waals surface area contributed by atoms with E-state index in [1.54, 1.807) is 54.9 Å². The molecule has 4 rings (SSSR count). The molecule has 36 heavy (non-hydrogen) atoms. The number of hydrogen-bond acceptors (Lipinski definition) is 3. The van der Waals surface area contributed by atoms with Crippen LogP contribution in [0.4, 0.5) is 24.5 Å². The first-order valence-electron chi connectivity index (χ1n) is 10.8. The highest BCUT2D eigenvalue weighted by atomic mass is 35.5. The SMILES string of the molecule is CC(NC(=O)c1c(Nc2ccc(Cl)c(C(F)(F)F)c2)c2ccccc2n1C)c1ccc(C(=O)O)cc1. The maximum Gasteiger partial charge on any atom is 0.417 e. The van der Waals surface area contributed by atoms with Gasteiger partial charge in [0.1, 0.15) is 5.69 Å². The third-order valence-electron chi connectivity index (χ3n) is 5.87. The van der Waals surface area contributed by atoms with Gasteiger partial charge in [-0.1, -0.05) is 41.9 Å². The van der Waals surface area contributed by atoms with Gasteiger partial charge in [-0.3, -0.25) is 4.79 Å². The molecule has 1 unspecified atom stereocenters. The number of nitrogens with one attached hydrogen (secondary N) is 2. The number of alkyl halides is 3. The van der Waals surface area contributed by atoms with Gasteiger partial charge in [-0.25, -0.2) is 4.79 Å². The molecule has 1 heterocycles. The van der Waals surface area contributed by atoms with E-state index in [0.717, 1.165) is 12.1 Å². The number of rotatable bonds is 6. The molecule has 0 aliphatic rings. The fraction of sp³-hybridized carbons (Fsp3) is 0.154. The summed E-state index contributed by atoms with van der Waals surface area (Å²) in [4.78, 5) is 24.5. The second-order valence-corrected chi connectivity index (χ2v) is 8.65. The van der Waals surface area contributed by atoms with Crippen LogP contribution in [0.25, 0.3) is 10.9 Å². The summed E-state index contributed by atoms with van der Waals surface area (Å²) >= 11 is 5.76. The van der Waals surface area contributed by atoms with Crippen molar-refractivity contribution in [3.05, 3.63) is 94.1 Å². The molecular weight excluding hydrogens is 495 g/mol. The van der Waals surface area contributed by atoms with Gasteiger partial charge in [0.2, 0.25) is 0 Å². The van der Waals surface area contributed by atoms with Crippen molar-refractivity contribution >= 4 is 45.8 Å². The molecule has 3 aromatic carbocycles. The summed E-state index contributed by atoms with van der Waals surface area (Å²) in [6.45, 7) is 1.75. The van der Waals surface area contributed by atoms with Crippen molar-refractivity contribution in [2.45, 2.75) is 19.1 Å². The number of halogens is 4. The van der Waals surface area contributed by atoms with E-state index in [2.05, 4.69) is 10.6 Å². The number of fused-ring (bicyclic) bond motifs is 1. The number of aromatic nitrogens is 1. The van der Waals surface area contributed by atoms with Gasteiger partial charge >= 0.3 is 12.1 Å². The maximum absolute atomic E-state index is 13.4. The van der Waals surface area contributed by atoms with Crippen LogP contribution in [0.2, 0.25) is 5.02 Å². The lowest BCUT2D eigenvalue weighted by Crippen LogP contribution is -2.29. The van der Waals surface area contributed by atoms with Crippen LogP contribution in [-0.4, -0.2) is 21.6 Å². The first kappa shape index (κ1) is 25.1. The molecule has 1 amide bonds. The molecule has 0 bridgehead atoms. The van der Waals surface area contributed by atoms with E-state index in [1.807, 2.05) is 0 Å². The average Bonchev–Trinajstić information content (AvgIpc) is 3.11. The molecule has 0 saturated carbocycles. The molecule has 0 radical (unpaired) electrons. The lowest BCUT2D eigenvalue weighted by Gasteiger charge is -2.17. The number of carboxylic acid groups (broad SMARTS) is 1. The summed E-state index contributed by atoms with van der Waals surface area (Å²) in [7, 11) is 1.69. The van der Waals surface area contributed by atoms with Crippen molar-refractivity contribution < 1.29 is 27.9 Å². The Kier molecular flexibility index (Phi) is 6.69. The van der Waals surface area contributed by atoms with Crippen molar-refractivity contribution in [1.82, 2.24) is 9.88 Å². The third kappa shape index (κ3) is 4.87. The maximum atomic E-state index is 13.4. The van der Waals surface area contributed by atoms with E-state index in [9.17, 15) is 22.8 Å². The zero-order valence-electron chi connectivity index (χ0n) is 19.2. The van der Waals surface area contributed by atoms with Crippen molar-refractivity contribution in [2.24, 2.45) is 7.05 Å². The summed E-state index contributed by atoms with van der Waals surface area (Å²) in [5, 5.41) is 15.2. The number of nitrogens with zero attached hydrogens (tertiary/aromatic N) is 1. The van der Waals surface area contributed by atoms with Crippen molar-refractivity contribution in [3.8, 4) is 0 Å². The Labute approximate surface area is 209 Å². The number of carbonyl (C=O) groups excluding carboxylic acids is 1. The lowest BCUT2D eigenvalue weighted by atomic mass is 10.1. The minimum Gasteiger partial charge on any atom is -0.478 e. The highest BCUT2D eigenvalue weighted by Gasteiger charge is 2.33. The highest BCUT2D eigenvalue weighted by Crippen LogP contribution is 2.38.